The van der Waals surface area contributed by atoms with Crippen molar-refractivity contribution in [3.8, 4) is 0 Å². The van der Waals surface area contributed by atoms with Crippen LogP contribution in [0.25, 0.3) is 0 Å². The molecular formula is C15H24BrClN2O2S. The van der Waals surface area contributed by atoms with Crippen LogP contribution in [0.5, 0.6) is 0 Å². The topological polar surface area (TPSA) is 49.4 Å². The van der Waals surface area contributed by atoms with Gasteiger partial charge in [-0.1, -0.05) is 28.9 Å². The largest absolute Gasteiger partial charge is 0.317 e. The number of hydrogen-bond donors (Lipinski definition) is 1. The number of sulfonamides is 1. The van der Waals surface area contributed by atoms with E-state index in [4.69, 9.17) is 0 Å². The first-order valence-corrected chi connectivity index (χ1v) is 9.65. The van der Waals surface area contributed by atoms with E-state index in [0.29, 0.717) is 23.9 Å². The van der Waals surface area contributed by atoms with E-state index in [9.17, 15) is 8.42 Å². The lowest BCUT2D eigenvalue weighted by Crippen LogP contribution is -2.40. The highest BCUT2D eigenvalue weighted by atomic mass is 79.9. The minimum atomic E-state index is -3.36. The second-order valence-electron chi connectivity index (χ2n) is 5.57. The van der Waals surface area contributed by atoms with Crippen LogP contribution in [-0.2, 0) is 10.0 Å². The maximum atomic E-state index is 12.7. The summed E-state index contributed by atoms with van der Waals surface area (Å²) >= 11 is 3.41. The number of nitrogens with zero attached hydrogens (tertiary/aromatic N) is 1. The van der Waals surface area contributed by atoms with Crippen molar-refractivity contribution in [1.82, 2.24) is 9.62 Å². The molecule has 1 aromatic carbocycles. The van der Waals surface area contributed by atoms with Crippen LogP contribution in [0.15, 0.2) is 27.6 Å². The number of piperidine rings is 1. The van der Waals surface area contributed by atoms with Gasteiger partial charge in [-0.3, -0.25) is 0 Å². The molecule has 0 amide bonds. The Labute approximate surface area is 148 Å². The number of halogens is 2. The Kier molecular flexibility index (Phi) is 7.82. The van der Waals surface area contributed by atoms with Gasteiger partial charge < -0.3 is 5.32 Å². The minimum absolute atomic E-state index is 0. The van der Waals surface area contributed by atoms with Crippen molar-refractivity contribution in [2.45, 2.75) is 31.6 Å². The van der Waals surface area contributed by atoms with E-state index in [2.05, 4.69) is 28.2 Å². The third-order valence-electron chi connectivity index (χ3n) is 4.04. The summed E-state index contributed by atoms with van der Waals surface area (Å²) in [7, 11) is -3.36. The van der Waals surface area contributed by atoms with Crippen LogP contribution in [0.3, 0.4) is 0 Å². The van der Waals surface area contributed by atoms with Crippen molar-refractivity contribution in [3.05, 3.63) is 28.2 Å². The zero-order valence-corrected chi connectivity index (χ0v) is 16.2. The SMILES string of the molecule is CCNCC1CCN(S(=O)(=O)c2ccc(C)c(Br)c2)CC1.Cl. The Hall–Kier alpha value is -0.140. The molecule has 0 spiro atoms. The summed E-state index contributed by atoms with van der Waals surface area (Å²) in [5.41, 5.74) is 1.04. The number of nitrogens with one attached hydrogen (secondary N) is 1. The summed E-state index contributed by atoms with van der Waals surface area (Å²) in [6, 6.07) is 5.24. The van der Waals surface area contributed by atoms with Gasteiger partial charge >= 0.3 is 0 Å². The molecule has 1 fully saturated rings. The van der Waals surface area contributed by atoms with Crippen molar-refractivity contribution in [1.29, 1.82) is 0 Å². The first-order chi connectivity index (χ1) is 9.95. The van der Waals surface area contributed by atoms with E-state index in [1.54, 1.807) is 16.4 Å². The third-order valence-corrected chi connectivity index (χ3v) is 6.79. The predicted octanol–water partition coefficient (Wildman–Crippen LogP) is 3.19. The molecule has 22 heavy (non-hydrogen) atoms. The molecule has 1 N–H and O–H groups in total. The molecule has 1 aliphatic rings. The van der Waals surface area contributed by atoms with Gasteiger partial charge in [0.1, 0.15) is 0 Å². The molecule has 0 aromatic heterocycles. The smallest absolute Gasteiger partial charge is 0.243 e. The zero-order chi connectivity index (χ0) is 15.5. The van der Waals surface area contributed by atoms with Crippen molar-refractivity contribution >= 4 is 38.4 Å². The summed E-state index contributed by atoms with van der Waals surface area (Å²) in [6.07, 6.45) is 1.86. The van der Waals surface area contributed by atoms with E-state index >= 15 is 0 Å². The van der Waals surface area contributed by atoms with Gasteiger partial charge in [-0.15, -0.1) is 12.4 Å². The molecule has 0 saturated carbocycles. The second kappa shape index (κ2) is 8.64. The molecule has 0 unspecified atom stereocenters. The van der Waals surface area contributed by atoms with Crippen molar-refractivity contribution < 1.29 is 8.42 Å². The average Bonchev–Trinajstić information content (AvgIpc) is 2.48. The van der Waals surface area contributed by atoms with Crippen LogP contribution in [0.4, 0.5) is 0 Å². The Morgan fingerprint density at radius 1 is 1.32 bits per heavy atom. The summed E-state index contributed by atoms with van der Waals surface area (Å²) in [4.78, 5) is 0.380. The fourth-order valence-corrected chi connectivity index (χ4v) is 4.61. The minimum Gasteiger partial charge on any atom is -0.317 e. The summed E-state index contributed by atoms with van der Waals surface area (Å²) in [5.74, 6) is 0.584. The first-order valence-electron chi connectivity index (χ1n) is 7.42. The normalized spacial score (nSPS) is 17.2. The van der Waals surface area contributed by atoms with Crippen LogP contribution in [0.1, 0.15) is 25.3 Å². The zero-order valence-electron chi connectivity index (χ0n) is 13.0. The fraction of sp³-hybridized carbons (Fsp3) is 0.600. The maximum absolute atomic E-state index is 12.7. The van der Waals surface area contributed by atoms with Gasteiger partial charge in [-0.25, -0.2) is 8.42 Å². The molecule has 1 saturated heterocycles. The third kappa shape index (κ3) is 4.68. The highest BCUT2D eigenvalue weighted by molar-refractivity contribution is 9.10. The van der Waals surface area contributed by atoms with Gasteiger partial charge in [0.2, 0.25) is 10.0 Å². The molecule has 0 bridgehead atoms. The Balaban J connectivity index is 0.00000242. The van der Waals surface area contributed by atoms with Crippen LogP contribution < -0.4 is 5.32 Å². The fourth-order valence-electron chi connectivity index (χ4n) is 2.59. The standard InChI is InChI=1S/C15H23BrN2O2S.ClH/c1-3-17-11-13-6-8-18(9-7-13)21(19,20)14-5-4-12(2)15(16)10-14;/h4-5,10,13,17H,3,6-9,11H2,1-2H3;1H. The van der Waals surface area contributed by atoms with E-state index in [0.717, 1.165) is 36.0 Å². The van der Waals surface area contributed by atoms with Crippen molar-refractivity contribution in [2.75, 3.05) is 26.2 Å². The molecule has 7 heteroatoms. The molecule has 0 aliphatic carbocycles. The van der Waals surface area contributed by atoms with Gasteiger partial charge in [0, 0.05) is 17.6 Å². The molecule has 1 heterocycles. The van der Waals surface area contributed by atoms with Gasteiger partial charge in [0.25, 0.3) is 0 Å². The van der Waals surface area contributed by atoms with Crippen molar-refractivity contribution in [2.24, 2.45) is 5.92 Å². The van der Waals surface area contributed by atoms with E-state index in [-0.39, 0.29) is 12.4 Å². The van der Waals surface area contributed by atoms with Gasteiger partial charge in [-0.2, -0.15) is 4.31 Å². The van der Waals surface area contributed by atoms with Crippen LogP contribution >= 0.6 is 28.3 Å². The number of hydrogen-bond acceptors (Lipinski definition) is 3. The lowest BCUT2D eigenvalue weighted by Gasteiger charge is -2.31. The Bertz CT molecular complexity index is 587. The first kappa shape index (κ1) is 19.9. The highest BCUT2D eigenvalue weighted by Crippen LogP contribution is 2.26. The number of benzene rings is 1. The number of rotatable bonds is 5. The summed E-state index contributed by atoms with van der Waals surface area (Å²) < 4.78 is 27.8. The molecule has 126 valence electrons. The molecule has 1 aromatic rings. The lowest BCUT2D eigenvalue weighted by molar-refractivity contribution is 0.268. The van der Waals surface area contributed by atoms with Gasteiger partial charge in [0.15, 0.2) is 0 Å². The van der Waals surface area contributed by atoms with E-state index < -0.39 is 10.0 Å². The van der Waals surface area contributed by atoms with Crippen molar-refractivity contribution in [3.63, 3.8) is 0 Å². The second-order valence-corrected chi connectivity index (χ2v) is 8.36. The Morgan fingerprint density at radius 3 is 2.50 bits per heavy atom. The van der Waals surface area contributed by atoms with Crippen LogP contribution in [0, 0.1) is 12.8 Å². The summed E-state index contributed by atoms with van der Waals surface area (Å²) in [5, 5.41) is 3.34. The number of aryl methyl sites for hydroxylation is 1. The lowest BCUT2D eigenvalue weighted by atomic mass is 9.98. The molecule has 0 radical (unpaired) electrons. The summed E-state index contributed by atoms with van der Waals surface area (Å²) in [6.45, 7) is 7.23. The maximum Gasteiger partial charge on any atom is 0.243 e. The molecule has 1 aliphatic heterocycles. The highest BCUT2D eigenvalue weighted by Gasteiger charge is 2.29. The van der Waals surface area contributed by atoms with Gasteiger partial charge in [0.05, 0.1) is 4.90 Å². The quantitative estimate of drug-likeness (QED) is 0.809. The predicted molar refractivity (Wildman–Crippen MR) is 96.2 cm³/mol. The Morgan fingerprint density at radius 2 is 1.95 bits per heavy atom. The molecule has 0 atom stereocenters. The molecule has 2 rings (SSSR count). The van der Waals surface area contributed by atoms with Crippen LogP contribution in [-0.4, -0.2) is 38.9 Å². The molecular weight excluding hydrogens is 388 g/mol. The van der Waals surface area contributed by atoms with Gasteiger partial charge in [-0.05, 0) is 56.5 Å². The monoisotopic (exact) mass is 410 g/mol. The van der Waals surface area contributed by atoms with E-state index in [1.165, 1.54) is 0 Å². The van der Waals surface area contributed by atoms with E-state index in [1.807, 2.05) is 13.0 Å². The average molecular weight is 412 g/mol. The molecule has 4 nitrogen and oxygen atoms in total. The van der Waals surface area contributed by atoms with Crippen LogP contribution in [0.2, 0.25) is 0 Å².